The fourth-order valence-electron chi connectivity index (χ4n) is 2.07. The Morgan fingerprint density at radius 3 is 2.70 bits per heavy atom. The third kappa shape index (κ3) is 2.18. The van der Waals surface area contributed by atoms with Gasteiger partial charge in [0.05, 0.1) is 5.69 Å². The molecule has 1 heterocycles. The van der Waals surface area contributed by atoms with Crippen LogP contribution in [0.1, 0.15) is 5.56 Å². The van der Waals surface area contributed by atoms with Crippen molar-refractivity contribution in [2.45, 2.75) is 6.92 Å². The molecule has 2 aromatic carbocycles. The van der Waals surface area contributed by atoms with E-state index in [1.165, 1.54) is 0 Å². The van der Waals surface area contributed by atoms with Crippen LogP contribution in [0.2, 0.25) is 0 Å². The van der Waals surface area contributed by atoms with E-state index >= 15 is 0 Å². The molecule has 0 radical (unpaired) electrons. The zero-order valence-electron chi connectivity index (χ0n) is 10.8. The summed E-state index contributed by atoms with van der Waals surface area (Å²) in [5, 5.41) is 12.0. The Morgan fingerprint density at radius 1 is 1.15 bits per heavy atom. The van der Waals surface area contributed by atoms with Gasteiger partial charge in [0.25, 0.3) is 0 Å². The Labute approximate surface area is 124 Å². The van der Waals surface area contributed by atoms with E-state index in [9.17, 15) is 0 Å². The smallest absolute Gasteiger partial charge is 0.189 e. The number of rotatable bonds is 2. The minimum atomic E-state index is 0.633. The Morgan fingerprint density at radius 2 is 1.95 bits per heavy atom. The lowest BCUT2D eigenvalue weighted by Gasteiger charge is -2.09. The molecule has 100 valence electrons. The maximum absolute atomic E-state index is 6.00. The number of benzene rings is 2. The lowest BCUT2D eigenvalue weighted by Crippen LogP contribution is -2.03. The SMILES string of the molecule is Cc1cc(Br)ccc1-n1nnnc1-c1ccccc1N. The van der Waals surface area contributed by atoms with E-state index < -0.39 is 0 Å². The van der Waals surface area contributed by atoms with Crippen molar-refractivity contribution in [3.63, 3.8) is 0 Å². The molecule has 3 aromatic rings. The molecular formula is C14H12BrN5. The van der Waals surface area contributed by atoms with Crippen LogP contribution in [0.4, 0.5) is 5.69 Å². The molecule has 0 aliphatic rings. The second-order valence-corrected chi connectivity index (χ2v) is 5.35. The van der Waals surface area contributed by atoms with Crippen molar-refractivity contribution in [1.29, 1.82) is 0 Å². The van der Waals surface area contributed by atoms with Gasteiger partial charge in [-0.3, -0.25) is 0 Å². The average molecular weight is 330 g/mol. The summed E-state index contributed by atoms with van der Waals surface area (Å²) in [6.07, 6.45) is 0. The van der Waals surface area contributed by atoms with Gasteiger partial charge in [-0.15, -0.1) is 5.10 Å². The van der Waals surface area contributed by atoms with Gasteiger partial charge in [0.15, 0.2) is 5.82 Å². The lowest BCUT2D eigenvalue weighted by atomic mass is 10.1. The van der Waals surface area contributed by atoms with Gasteiger partial charge in [0, 0.05) is 15.7 Å². The first-order chi connectivity index (χ1) is 9.66. The lowest BCUT2D eigenvalue weighted by molar-refractivity contribution is 0.787. The number of hydrogen-bond donors (Lipinski definition) is 1. The van der Waals surface area contributed by atoms with E-state index in [0.717, 1.165) is 21.3 Å². The van der Waals surface area contributed by atoms with Crippen molar-refractivity contribution >= 4 is 21.6 Å². The van der Waals surface area contributed by atoms with Gasteiger partial charge in [-0.25, -0.2) is 0 Å². The normalized spacial score (nSPS) is 10.7. The molecule has 0 fully saturated rings. The molecule has 0 spiro atoms. The molecule has 2 N–H and O–H groups in total. The zero-order chi connectivity index (χ0) is 14.1. The van der Waals surface area contributed by atoms with Crippen molar-refractivity contribution in [3.8, 4) is 17.1 Å². The Kier molecular flexibility index (Phi) is 3.23. The van der Waals surface area contributed by atoms with Gasteiger partial charge < -0.3 is 5.73 Å². The average Bonchev–Trinajstić information content (AvgIpc) is 2.88. The van der Waals surface area contributed by atoms with E-state index in [0.29, 0.717) is 11.5 Å². The van der Waals surface area contributed by atoms with Gasteiger partial charge in [0.1, 0.15) is 0 Å². The number of halogens is 1. The number of nitrogen functional groups attached to an aromatic ring is 1. The maximum atomic E-state index is 6.00. The van der Waals surface area contributed by atoms with Crippen LogP contribution in [-0.4, -0.2) is 20.2 Å². The highest BCUT2D eigenvalue weighted by atomic mass is 79.9. The summed E-state index contributed by atoms with van der Waals surface area (Å²) < 4.78 is 2.72. The van der Waals surface area contributed by atoms with Crippen molar-refractivity contribution < 1.29 is 0 Å². The first-order valence-electron chi connectivity index (χ1n) is 6.06. The number of hydrogen-bond acceptors (Lipinski definition) is 4. The summed E-state index contributed by atoms with van der Waals surface area (Å²) in [7, 11) is 0. The van der Waals surface area contributed by atoms with Crippen molar-refractivity contribution in [3.05, 3.63) is 52.5 Å². The van der Waals surface area contributed by atoms with Crippen LogP contribution in [0.5, 0.6) is 0 Å². The highest BCUT2D eigenvalue weighted by Crippen LogP contribution is 2.26. The number of aryl methyl sites for hydroxylation is 1. The molecule has 20 heavy (non-hydrogen) atoms. The second kappa shape index (κ2) is 5.05. The monoisotopic (exact) mass is 329 g/mol. The molecule has 6 heteroatoms. The summed E-state index contributed by atoms with van der Waals surface area (Å²) in [6.45, 7) is 2.01. The predicted molar refractivity (Wildman–Crippen MR) is 81.4 cm³/mol. The Balaban J connectivity index is 2.18. The summed E-state index contributed by atoms with van der Waals surface area (Å²) in [5.41, 5.74) is 9.47. The molecule has 0 saturated carbocycles. The van der Waals surface area contributed by atoms with Crippen LogP contribution < -0.4 is 5.73 Å². The molecule has 0 aliphatic carbocycles. The van der Waals surface area contributed by atoms with Crippen molar-refractivity contribution in [2.75, 3.05) is 5.73 Å². The summed E-state index contributed by atoms with van der Waals surface area (Å²) in [4.78, 5) is 0. The first-order valence-corrected chi connectivity index (χ1v) is 6.86. The molecule has 1 aromatic heterocycles. The quantitative estimate of drug-likeness (QED) is 0.734. The minimum absolute atomic E-state index is 0.633. The van der Waals surface area contributed by atoms with E-state index in [4.69, 9.17) is 5.73 Å². The van der Waals surface area contributed by atoms with Crippen LogP contribution >= 0.6 is 15.9 Å². The largest absolute Gasteiger partial charge is 0.398 e. The topological polar surface area (TPSA) is 69.6 Å². The predicted octanol–water partition coefficient (Wildman–Crippen LogP) is 2.98. The number of anilines is 1. The number of tetrazole rings is 1. The van der Waals surface area contributed by atoms with Crippen LogP contribution in [-0.2, 0) is 0 Å². The molecule has 0 aliphatic heterocycles. The fourth-order valence-corrected chi connectivity index (χ4v) is 2.55. The summed E-state index contributed by atoms with van der Waals surface area (Å²) >= 11 is 3.45. The Bertz CT molecular complexity index is 766. The molecule has 0 unspecified atom stereocenters. The van der Waals surface area contributed by atoms with Crippen LogP contribution in [0.15, 0.2) is 46.9 Å². The molecule has 0 bridgehead atoms. The maximum Gasteiger partial charge on any atom is 0.189 e. The molecule has 3 rings (SSSR count). The van der Waals surface area contributed by atoms with Gasteiger partial charge in [-0.05, 0) is 53.2 Å². The third-order valence-electron chi connectivity index (χ3n) is 3.06. The zero-order valence-corrected chi connectivity index (χ0v) is 12.4. The molecule has 0 atom stereocenters. The van der Waals surface area contributed by atoms with Crippen molar-refractivity contribution in [1.82, 2.24) is 20.2 Å². The number of para-hydroxylation sites is 1. The highest BCUT2D eigenvalue weighted by molar-refractivity contribution is 9.10. The Hall–Kier alpha value is -2.21. The summed E-state index contributed by atoms with van der Waals surface area (Å²) in [5.74, 6) is 0.633. The van der Waals surface area contributed by atoms with Crippen molar-refractivity contribution in [2.24, 2.45) is 0 Å². The van der Waals surface area contributed by atoms with E-state index in [1.54, 1.807) is 4.68 Å². The van der Waals surface area contributed by atoms with Gasteiger partial charge >= 0.3 is 0 Å². The van der Waals surface area contributed by atoms with Gasteiger partial charge in [-0.2, -0.15) is 4.68 Å². The van der Waals surface area contributed by atoms with Gasteiger partial charge in [-0.1, -0.05) is 28.1 Å². The standard InChI is InChI=1S/C14H12BrN5/c1-9-8-10(15)6-7-13(9)20-14(17-18-19-20)11-4-2-3-5-12(11)16/h2-8H,16H2,1H3. The highest BCUT2D eigenvalue weighted by Gasteiger charge is 2.14. The van der Waals surface area contributed by atoms with Crippen LogP contribution in [0.25, 0.3) is 17.1 Å². The molecular weight excluding hydrogens is 318 g/mol. The fraction of sp³-hybridized carbons (Fsp3) is 0.0714. The van der Waals surface area contributed by atoms with E-state index in [1.807, 2.05) is 49.4 Å². The number of nitrogens with zero attached hydrogens (tertiary/aromatic N) is 4. The second-order valence-electron chi connectivity index (χ2n) is 4.43. The number of nitrogens with two attached hydrogens (primary N) is 1. The van der Waals surface area contributed by atoms with Gasteiger partial charge in [0.2, 0.25) is 0 Å². The third-order valence-corrected chi connectivity index (χ3v) is 3.55. The van der Waals surface area contributed by atoms with Crippen LogP contribution in [0, 0.1) is 6.92 Å². The number of aromatic nitrogens is 4. The molecule has 0 saturated heterocycles. The summed E-state index contributed by atoms with van der Waals surface area (Å²) in [6, 6.07) is 13.5. The van der Waals surface area contributed by atoms with E-state index in [2.05, 4.69) is 31.5 Å². The molecule has 5 nitrogen and oxygen atoms in total. The van der Waals surface area contributed by atoms with Crippen LogP contribution in [0.3, 0.4) is 0 Å². The first kappa shape index (κ1) is 12.8. The van der Waals surface area contributed by atoms with E-state index in [-0.39, 0.29) is 0 Å². The minimum Gasteiger partial charge on any atom is -0.398 e. The molecule has 0 amide bonds.